The highest BCUT2D eigenvalue weighted by Gasteiger charge is 2.10. The van der Waals surface area contributed by atoms with Crippen LogP contribution in [0.15, 0.2) is 36.4 Å². The van der Waals surface area contributed by atoms with E-state index in [1.54, 1.807) is 6.07 Å². The first-order chi connectivity index (χ1) is 10.1. The highest BCUT2D eigenvalue weighted by molar-refractivity contribution is 5.36. The van der Waals surface area contributed by atoms with Crippen LogP contribution in [0, 0.1) is 19.7 Å². The van der Waals surface area contributed by atoms with Gasteiger partial charge in [-0.05, 0) is 43.1 Å². The summed E-state index contributed by atoms with van der Waals surface area (Å²) in [6.45, 7) is 7.99. The van der Waals surface area contributed by atoms with E-state index in [4.69, 9.17) is 4.74 Å². The molecule has 1 N–H and O–H groups in total. The van der Waals surface area contributed by atoms with E-state index in [-0.39, 0.29) is 5.82 Å². The predicted molar refractivity (Wildman–Crippen MR) is 84.0 cm³/mol. The first-order valence-electron chi connectivity index (χ1n) is 7.29. The number of ether oxygens (including phenoxy) is 1. The van der Waals surface area contributed by atoms with Gasteiger partial charge in [0.05, 0.1) is 0 Å². The number of aryl methyl sites for hydroxylation is 2. The van der Waals surface area contributed by atoms with E-state index in [0.29, 0.717) is 18.9 Å². The van der Waals surface area contributed by atoms with Crippen LogP contribution in [0.3, 0.4) is 0 Å². The Kier molecular flexibility index (Phi) is 5.34. The molecule has 2 nitrogen and oxygen atoms in total. The molecule has 2 aromatic carbocycles. The molecule has 0 bridgehead atoms. The maximum Gasteiger partial charge on any atom is 0.165 e. The number of hydrogen-bond donors (Lipinski definition) is 1. The molecule has 0 atom stereocenters. The minimum atomic E-state index is -0.311. The van der Waals surface area contributed by atoms with Crippen molar-refractivity contribution in [2.45, 2.75) is 33.9 Å². The fourth-order valence-electron chi connectivity index (χ4n) is 2.16. The highest BCUT2D eigenvalue weighted by atomic mass is 19.1. The molecule has 0 radical (unpaired) electrons. The summed E-state index contributed by atoms with van der Waals surface area (Å²) in [5.74, 6) is 0.0333. The SMILES string of the molecule is CCNCc1cccc(F)c1OCc1ccc(C)c(C)c1. The quantitative estimate of drug-likeness (QED) is 0.862. The number of halogens is 1. The van der Waals surface area contributed by atoms with Gasteiger partial charge in [0, 0.05) is 12.1 Å². The Balaban J connectivity index is 2.13. The zero-order chi connectivity index (χ0) is 15.2. The monoisotopic (exact) mass is 287 g/mol. The maximum atomic E-state index is 14.0. The van der Waals surface area contributed by atoms with E-state index in [1.807, 2.05) is 19.1 Å². The first kappa shape index (κ1) is 15.5. The molecule has 0 saturated carbocycles. The number of benzene rings is 2. The molecule has 0 spiro atoms. The highest BCUT2D eigenvalue weighted by Crippen LogP contribution is 2.24. The molecule has 2 rings (SSSR count). The Labute approximate surface area is 126 Å². The fourth-order valence-corrected chi connectivity index (χ4v) is 2.16. The molecular formula is C18H22FNO. The number of rotatable bonds is 6. The number of para-hydroxylation sites is 1. The van der Waals surface area contributed by atoms with Crippen molar-refractivity contribution in [3.63, 3.8) is 0 Å². The van der Waals surface area contributed by atoms with Crippen molar-refractivity contribution in [1.82, 2.24) is 5.32 Å². The average Bonchev–Trinajstić information content (AvgIpc) is 2.47. The second kappa shape index (κ2) is 7.23. The van der Waals surface area contributed by atoms with Gasteiger partial charge in [-0.25, -0.2) is 4.39 Å². The van der Waals surface area contributed by atoms with Gasteiger partial charge in [0.2, 0.25) is 0 Å². The first-order valence-corrected chi connectivity index (χ1v) is 7.29. The van der Waals surface area contributed by atoms with Gasteiger partial charge in [-0.15, -0.1) is 0 Å². The largest absolute Gasteiger partial charge is 0.485 e. The molecule has 0 aromatic heterocycles. The summed E-state index contributed by atoms with van der Waals surface area (Å²) in [6, 6.07) is 11.2. The summed E-state index contributed by atoms with van der Waals surface area (Å²) in [4.78, 5) is 0. The van der Waals surface area contributed by atoms with E-state index in [1.165, 1.54) is 17.2 Å². The minimum Gasteiger partial charge on any atom is -0.485 e. The van der Waals surface area contributed by atoms with Crippen LogP contribution in [0.1, 0.15) is 29.2 Å². The molecule has 0 heterocycles. The lowest BCUT2D eigenvalue weighted by atomic mass is 10.1. The Morgan fingerprint density at radius 3 is 2.62 bits per heavy atom. The van der Waals surface area contributed by atoms with E-state index >= 15 is 0 Å². The van der Waals surface area contributed by atoms with Crippen LogP contribution >= 0.6 is 0 Å². The molecular weight excluding hydrogens is 265 g/mol. The lowest BCUT2D eigenvalue weighted by Gasteiger charge is -2.13. The van der Waals surface area contributed by atoms with E-state index in [9.17, 15) is 4.39 Å². The molecule has 0 unspecified atom stereocenters. The smallest absolute Gasteiger partial charge is 0.165 e. The van der Waals surface area contributed by atoms with Crippen molar-refractivity contribution in [2.75, 3.05) is 6.54 Å². The zero-order valence-electron chi connectivity index (χ0n) is 12.9. The summed E-state index contributed by atoms with van der Waals surface area (Å²) in [5.41, 5.74) is 4.37. The fraction of sp³-hybridized carbons (Fsp3) is 0.333. The number of nitrogens with one attached hydrogen (secondary N) is 1. The third-order valence-corrected chi connectivity index (χ3v) is 3.57. The van der Waals surface area contributed by atoms with Crippen LogP contribution in [-0.4, -0.2) is 6.54 Å². The third-order valence-electron chi connectivity index (χ3n) is 3.57. The summed E-state index contributed by atoms with van der Waals surface area (Å²) in [7, 11) is 0. The molecule has 0 aliphatic carbocycles. The van der Waals surface area contributed by atoms with E-state index < -0.39 is 0 Å². The summed E-state index contributed by atoms with van der Waals surface area (Å²) >= 11 is 0. The van der Waals surface area contributed by atoms with Crippen LogP contribution in [0.2, 0.25) is 0 Å². The average molecular weight is 287 g/mol. The molecule has 3 heteroatoms. The Hall–Kier alpha value is -1.87. The molecule has 112 valence electrons. The van der Waals surface area contributed by atoms with Crippen LogP contribution < -0.4 is 10.1 Å². The van der Waals surface area contributed by atoms with Gasteiger partial charge in [0.25, 0.3) is 0 Å². The minimum absolute atomic E-state index is 0.311. The van der Waals surface area contributed by atoms with Gasteiger partial charge in [0.15, 0.2) is 11.6 Å². The van der Waals surface area contributed by atoms with E-state index in [0.717, 1.165) is 17.7 Å². The Morgan fingerprint density at radius 1 is 1.10 bits per heavy atom. The molecule has 0 amide bonds. The van der Waals surface area contributed by atoms with Crippen molar-refractivity contribution in [3.05, 3.63) is 64.5 Å². The van der Waals surface area contributed by atoms with Crippen molar-refractivity contribution in [1.29, 1.82) is 0 Å². The summed E-state index contributed by atoms with van der Waals surface area (Å²) in [6.07, 6.45) is 0. The summed E-state index contributed by atoms with van der Waals surface area (Å²) < 4.78 is 19.7. The van der Waals surface area contributed by atoms with Gasteiger partial charge in [0.1, 0.15) is 6.61 Å². The normalized spacial score (nSPS) is 10.7. The molecule has 2 aromatic rings. The lowest BCUT2D eigenvalue weighted by molar-refractivity contribution is 0.286. The summed E-state index contributed by atoms with van der Waals surface area (Å²) in [5, 5.41) is 3.20. The van der Waals surface area contributed by atoms with Crippen molar-refractivity contribution >= 4 is 0 Å². The maximum absolute atomic E-state index is 14.0. The van der Waals surface area contributed by atoms with Crippen molar-refractivity contribution in [3.8, 4) is 5.75 Å². The van der Waals surface area contributed by atoms with Gasteiger partial charge >= 0.3 is 0 Å². The topological polar surface area (TPSA) is 21.3 Å². The second-order valence-corrected chi connectivity index (χ2v) is 5.22. The van der Waals surface area contributed by atoms with Gasteiger partial charge in [-0.3, -0.25) is 0 Å². The van der Waals surface area contributed by atoms with Gasteiger partial charge in [-0.1, -0.05) is 37.3 Å². The van der Waals surface area contributed by atoms with Gasteiger partial charge in [-0.2, -0.15) is 0 Å². The Morgan fingerprint density at radius 2 is 1.90 bits per heavy atom. The molecule has 0 aliphatic rings. The third kappa shape index (κ3) is 4.05. The molecule has 0 aliphatic heterocycles. The van der Waals surface area contributed by atoms with Crippen molar-refractivity contribution < 1.29 is 9.13 Å². The van der Waals surface area contributed by atoms with Crippen LogP contribution in [0.25, 0.3) is 0 Å². The lowest BCUT2D eigenvalue weighted by Crippen LogP contribution is -2.13. The zero-order valence-corrected chi connectivity index (χ0v) is 12.9. The van der Waals surface area contributed by atoms with Crippen LogP contribution in [0.4, 0.5) is 4.39 Å². The molecule has 21 heavy (non-hydrogen) atoms. The van der Waals surface area contributed by atoms with Crippen LogP contribution in [-0.2, 0) is 13.2 Å². The second-order valence-electron chi connectivity index (χ2n) is 5.22. The van der Waals surface area contributed by atoms with E-state index in [2.05, 4.69) is 31.3 Å². The Bertz CT molecular complexity index is 610. The standard InChI is InChI=1S/C18H22FNO/c1-4-20-11-16-6-5-7-17(19)18(16)21-12-15-9-8-13(2)14(3)10-15/h5-10,20H,4,11-12H2,1-3H3. The molecule has 0 fully saturated rings. The molecule has 0 saturated heterocycles. The van der Waals surface area contributed by atoms with Crippen molar-refractivity contribution in [2.24, 2.45) is 0 Å². The predicted octanol–water partition coefficient (Wildman–Crippen LogP) is 4.13. The van der Waals surface area contributed by atoms with Gasteiger partial charge < -0.3 is 10.1 Å². The van der Waals surface area contributed by atoms with Crippen LogP contribution in [0.5, 0.6) is 5.75 Å². The number of hydrogen-bond acceptors (Lipinski definition) is 2.